The number of esters is 1. The quantitative estimate of drug-likeness (QED) is 0.674. The molecule has 0 aliphatic carbocycles. The number of rotatable bonds is 4. The van der Waals surface area contributed by atoms with Gasteiger partial charge in [0.05, 0.1) is 29.0 Å². The minimum atomic E-state index is -0.440. The molecule has 2 N–H and O–H groups in total. The van der Waals surface area contributed by atoms with Gasteiger partial charge in [0.2, 0.25) is 0 Å². The minimum Gasteiger partial charge on any atom is -0.462 e. The third-order valence-electron chi connectivity index (χ3n) is 2.95. The Labute approximate surface area is 111 Å². The van der Waals surface area contributed by atoms with Crippen molar-refractivity contribution < 1.29 is 14.3 Å². The van der Waals surface area contributed by atoms with Gasteiger partial charge in [-0.25, -0.2) is 4.79 Å². The first kappa shape index (κ1) is 13.2. The number of ether oxygens (including phenoxy) is 2. The van der Waals surface area contributed by atoms with Crippen LogP contribution in [0.4, 0.5) is 5.69 Å². The fraction of sp³-hybridized carbons (Fsp3) is 0.462. The fourth-order valence-electron chi connectivity index (χ4n) is 1.94. The van der Waals surface area contributed by atoms with E-state index in [4.69, 9.17) is 26.8 Å². The molecule has 1 fully saturated rings. The van der Waals surface area contributed by atoms with E-state index in [1.165, 1.54) is 0 Å². The van der Waals surface area contributed by atoms with Crippen LogP contribution in [0.25, 0.3) is 0 Å². The van der Waals surface area contributed by atoms with Crippen LogP contribution >= 0.6 is 11.6 Å². The number of nitrogen functional groups attached to an aromatic ring is 1. The van der Waals surface area contributed by atoms with E-state index >= 15 is 0 Å². The number of halogens is 1. The summed E-state index contributed by atoms with van der Waals surface area (Å²) in [6.07, 6.45) is 3.07. The summed E-state index contributed by atoms with van der Waals surface area (Å²) in [5, 5.41) is 0.250. The molecule has 1 atom stereocenters. The molecule has 1 unspecified atom stereocenters. The summed E-state index contributed by atoms with van der Waals surface area (Å²) in [6, 6.07) is 4.93. The molecule has 18 heavy (non-hydrogen) atoms. The van der Waals surface area contributed by atoms with Crippen LogP contribution < -0.4 is 5.73 Å². The van der Waals surface area contributed by atoms with Crippen molar-refractivity contribution in [3.63, 3.8) is 0 Å². The van der Waals surface area contributed by atoms with E-state index in [9.17, 15) is 4.79 Å². The number of benzene rings is 1. The average molecular weight is 270 g/mol. The van der Waals surface area contributed by atoms with Crippen molar-refractivity contribution in [2.75, 3.05) is 18.9 Å². The summed E-state index contributed by atoms with van der Waals surface area (Å²) in [7, 11) is 0. The molecule has 0 aromatic heterocycles. The summed E-state index contributed by atoms with van der Waals surface area (Å²) < 4.78 is 10.6. The third kappa shape index (κ3) is 3.15. The topological polar surface area (TPSA) is 61.6 Å². The Kier molecular flexibility index (Phi) is 4.44. The number of carbonyl (C=O) groups is 1. The van der Waals surface area contributed by atoms with Gasteiger partial charge in [-0.15, -0.1) is 0 Å². The predicted molar refractivity (Wildman–Crippen MR) is 69.7 cm³/mol. The van der Waals surface area contributed by atoms with E-state index in [0.717, 1.165) is 25.9 Å². The van der Waals surface area contributed by atoms with Crippen molar-refractivity contribution in [2.24, 2.45) is 0 Å². The Bertz CT molecular complexity index is 430. The monoisotopic (exact) mass is 269 g/mol. The standard InChI is InChI=1S/C13H16ClNO3/c14-12-10(4-1-5-11(12)15)13(16)18-8-6-9-3-2-7-17-9/h1,4-5,9H,2-3,6-8,15H2. The molecular weight excluding hydrogens is 254 g/mol. The summed E-state index contributed by atoms with van der Waals surface area (Å²) in [5.41, 5.74) is 6.32. The first-order valence-corrected chi connectivity index (χ1v) is 6.39. The Morgan fingerprint density at radius 3 is 3.11 bits per heavy atom. The van der Waals surface area contributed by atoms with Gasteiger partial charge < -0.3 is 15.2 Å². The summed E-state index contributed by atoms with van der Waals surface area (Å²) in [4.78, 5) is 11.8. The molecule has 1 aliphatic heterocycles. The Hall–Kier alpha value is -1.26. The molecule has 2 rings (SSSR count). The van der Waals surface area contributed by atoms with Crippen LogP contribution in [0.5, 0.6) is 0 Å². The first-order chi connectivity index (χ1) is 8.68. The second-order valence-corrected chi connectivity index (χ2v) is 4.65. The number of anilines is 1. The molecule has 1 aromatic carbocycles. The van der Waals surface area contributed by atoms with Crippen LogP contribution in [-0.2, 0) is 9.47 Å². The second kappa shape index (κ2) is 6.07. The van der Waals surface area contributed by atoms with Crippen LogP contribution in [0, 0.1) is 0 Å². The first-order valence-electron chi connectivity index (χ1n) is 6.01. The van der Waals surface area contributed by atoms with Crippen molar-refractivity contribution in [1.82, 2.24) is 0 Å². The van der Waals surface area contributed by atoms with Gasteiger partial charge in [-0.05, 0) is 25.0 Å². The van der Waals surface area contributed by atoms with Gasteiger partial charge >= 0.3 is 5.97 Å². The lowest BCUT2D eigenvalue weighted by atomic mass is 10.2. The van der Waals surface area contributed by atoms with Crippen molar-refractivity contribution in [1.29, 1.82) is 0 Å². The summed E-state index contributed by atoms with van der Waals surface area (Å²) in [5.74, 6) is -0.440. The maximum atomic E-state index is 11.8. The highest BCUT2D eigenvalue weighted by atomic mass is 35.5. The molecule has 4 nitrogen and oxygen atoms in total. The van der Waals surface area contributed by atoms with Crippen LogP contribution in [0.1, 0.15) is 29.6 Å². The molecule has 0 spiro atoms. The molecule has 1 saturated heterocycles. The number of carbonyl (C=O) groups excluding carboxylic acids is 1. The van der Waals surface area contributed by atoms with E-state index in [1.54, 1.807) is 18.2 Å². The highest BCUT2D eigenvalue weighted by molar-refractivity contribution is 6.36. The van der Waals surface area contributed by atoms with Crippen LogP contribution in [0.15, 0.2) is 18.2 Å². The van der Waals surface area contributed by atoms with Crippen LogP contribution in [-0.4, -0.2) is 25.3 Å². The van der Waals surface area contributed by atoms with Gasteiger partial charge in [0.15, 0.2) is 0 Å². The smallest absolute Gasteiger partial charge is 0.339 e. The minimum absolute atomic E-state index is 0.217. The highest BCUT2D eigenvalue weighted by Crippen LogP contribution is 2.24. The van der Waals surface area contributed by atoms with E-state index in [-0.39, 0.29) is 11.1 Å². The molecule has 1 aromatic rings. The predicted octanol–water partition coefficient (Wildman–Crippen LogP) is 2.65. The normalized spacial score (nSPS) is 18.8. The molecular formula is C13H16ClNO3. The average Bonchev–Trinajstić information content (AvgIpc) is 2.85. The van der Waals surface area contributed by atoms with Gasteiger partial charge in [-0.3, -0.25) is 0 Å². The van der Waals surface area contributed by atoms with Gasteiger partial charge in [0, 0.05) is 13.0 Å². The summed E-state index contributed by atoms with van der Waals surface area (Å²) in [6.45, 7) is 1.15. The van der Waals surface area contributed by atoms with Crippen LogP contribution in [0.2, 0.25) is 5.02 Å². The second-order valence-electron chi connectivity index (χ2n) is 4.27. The molecule has 1 heterocycles. The molecule has 98 valence electrons. The highest BCUT2D eigenvalue weighted by Gasteiger charge is 2.17. The van der Waals surface area contributed by atoms with Gasteiger partial charge in [-0.2, -0.15) is 0 Å². The van der Waals surface area contributed by atoms with Gasteiger partial charge in [0.1, 0.15) is 0 Å². The van der Waals surface area contributed by atoms with E-state index in [1.807, 2.05) is 0 Å². The van der Waals surface area contributed by atoms with E-state index in [0.29, 0.717) is 17.9 Å². The van der Waals surface area contributed by atoms with E-state index in [2.05, 4.69) is 0 Å². The zero-order valence-electron chi connectivity index (χ0n) is 10.0. The van der Waals surface area contributed by atoms with E-state index < -0.39 is 5.97 Å². The van der Waals surface area contributed by atoms with Gasteiger partial charge in [0.25, 0.3) is 0 Å². The molecule has 0 radical (unpaired) electrons. The molecule has 1 aliphatic rings. The van der Waals surface area contributed by atoms with Gasteiger partial charge in [-0.1, -0.05) is 17.7 Å². The number of hydrogen-bond acceptors (Lipinski definition) is 4. The summed E-state index contributed by atoms with van der Waals surface area (Å²) >= 11 is 5.94. The number of hydrogen-bond donors (Lipinski definition) is 1. The largest absolute Gasteiger partial charge is 0.462 e. The molecule has 0 amide bonds. The van der Waals surface area contributed by atoms with Crippen molar-refractivity contribution >= 4 is 23.3 Å². The van der Waals surface area contributed by atoms with Crippen LogP contribution in [0.3, 0.4) is 0 Å². The van der Waals surface area contributed by atoms with Crippen molar-refractivity contribution in [3.8, 4) is 0 Å². The molecule has 0 bridgehead atoms. The van der Waals surface area contributed by atoms with Crippen molar-refractivity contribution in [3.05, 3.63) is 28.8 Å². The maximum Gasteiger partial charge on any atom is 0.339 e. The zero-order valence-corrected chi connectivity index (χ0v) is 10.8. The Balaban J connectivity index is 1.85. The lowest BCUT2D eigenvalue weighted by Gasteiger charge is -2.10. The molecule has 5 heteroatoms. The Morgan fingerprint density at radius 1 is 1.56 bits per heavy atom. The Morgan fingerprint density at radius 2 is 2.39 bits per heavy atom. The molecule has 0 saturated carbocycles. The third-order valence-corrected chi connectivity index (χ3v) is 3.37. The fourth-order valence-corrected chi connectivity index (χ4v) is 2.14. The lowest BCUT2D eigenvalue weighted by Crippen LogP contribution is -2.13. The lowest BCUT2D eigenvalue weighted by molar-refractivity contribution is 0.0386. The SMILES string of the molecule is Nc1cccc(C(=O)OCCC2CCCO2)c1Cl. The number of nitrogens with two attached hydrogens (primary N) is 1. The zero-order chi connectivity index (χ0) is 13.0. The maximum absolute atomic E-state index is 11.8. The van der Waals surface area contributed by atoms with Crippen molar-refractivity contribution in [2.45, 2.75) is 25.4 Å².